The molecule has 0 unspecified atom stereocenters. The Bertz CT molecular complexity index is 581. The lowest BCUT2D eigenvalue weighted by Gasteiger charge is -2.04. The minimum atomic E-state index is -0.625. The maximum Gasteiger partial charge on any atom is 0.189 e. The van der Waals surface area contributed by atoms with Crippen LogP contribution in [0.25, 0.3) is 0 Å². The van der Waals surface area contributed by atoms with E-state index in [4.69, 9.17) is 11.6 Å². The number of benzene rings is 1. The fraction of sp³-hybridized carbons (Fsp3) is 0.0909. The molecule has 0 amide bonds. The minimum absolute atomic E-state index is 0.290. The highest BCUT2D eigenvalue weighted by atomic mass is 35.5. The van der Waals surface area contributed by atoms with E-state index in [2.05, 4.69) is 9.97 Å². The monoisotopic (exact) mass is 304 g/mol. The molecule has 18 heavy (non-hydrogen) atoms. The van der Waals surface area contributed by atoms with Gasteiger partial charge in [0.25, 0.3) is 0 Å². The molecule has 1 aromatic heterocycles. The van der Waals surface area contributed by atoms with E-state index in [1.807, 2.05) is 6.26 Å². The maximum absolute atomic E-state index is 13.5. The first kappa shape index (κ1) is 13.6. The third kappa shape index (κ3) is 3.34. The molecule has 2 aromatic rings. The van der Waals surface area contributed by atoms with E-state index in [9.17, 15) is 8.78 Å². The van der Waals surface area contributed by atoms with E-state index < -0.39 is 11.6 Å². The smallest absolute Gasteiger partial charge is 0.189 e. The summed E-state index contributed by atoms with van der Waals surface area (Å²) in [5, 5.41) is 1.32. The standard InChI is InChI=1S/C11H7ClF2N2S2/c1-17-11-15-9(12)5-10(16-11)18-8-3-2-6(13)4-7(8)14/h2-5H,1H3. The molecule has 7 heteroatoms. The third-order valence-corrected chi connectivity index (χ3v) is 3.65. The summed E-state index contributed by atoms with van der Waals surface area (Å²) in [7, 11) is 0. The molecule has 0 atom stereocenters. The van der Waals surface area contributed by atoms with Crippen LogP contribution in [-0.2, 0) is 0 Å². The lowest BCUT2D eigenvalue weighted by Crippen LogP contribution is -1.90. The molecule has 0 aliphatic rings. The lowest BCUT2D eigenvalue weighted by atomic mass is 10.3. The van der Waals surface area contributed by atoms with Crippen LogP contribution in [0.2, 0.25) is 5.15 Å². The average Bonchev–Trinajstić information content (AvgIpc) is 2.32. The van der Waals surface area contributed by atoms with Crippen LogP contribution in [0, 0.1) is 11.6 Å². The van der Waals surface area contributed by atoms with Crippen LogP contribution in [-0.4, -0.2) is 16.2 Å². The molecule has 1 heterocycles. The fourth-order valence-corrected chi connectivity index (χ4v) is 2.75. The summed E-state index contributed by atoms with van der Waals surface area (Å²) in [5.41, 5.74) is 0. The van der Waals surface area contributed by atoms with Gasteiger partial charge in [-0.3, -0.25) is 0 Å². The number of rotatable bonds is 3. The molecule has 0 radical (unpaired) electrons. The van der Waals surface area contributed by atoms with Gasteiger partial charge < -0.3 is 0 Å². The number of hydrogen-bond donors (Lipinski definition) is 0. The van der Waals surface area contributed by atoms with Gasteiger partial charge in [0.2, 0.25) is 0 Å². The molecular weight excluding hydrogens is 298 g/mol. The van der Waals surface area contributed by atoms with E-state index in [0.29, 0.717) is 20.2 Å². The molecule has 0 aliphatic carbocycles. The van der Waals surface area contributed by atoms with E-state index in [0.717, 1.165) is 17.8 Å². The van der Waals surface area contributed by atoms with Crippen LogP contribution in [0.5, 0.6) is 0 Å². The van der Waals surface area contributed by atoms with Crippen LogP contribution in [0.4, 0.5) is 8.78 Å². The summed E-state index contributed by atoms with van der Waals surface area (Å²) in [4.78, 5) is 8.45. The number of thioether (sulfide) groups is 1. The predicted octanol–water partition coefficient (Wildman–Crippen LogP) is 4.28. The summed E-state index contributed by atoms with van der Waals surface area (Å²) < 4.78 is 26.2. The van der Waals surface area contributed by atoms with Crippen molar-refractivity contribution in [2.45, 2.75) is 15.1 Å². The number of halogens is 3. The van der Waals surface area contributed by atoms with E-state index in [-0.39, 0.29) is 0 Å². The van der Waals surface area contributed by atoms with E-state index in [1.54, 1.807) is 0 Å². The van der Waals surface area contributed by atoms with Crippen LogP contribution < -0.4 is 0 Å². The van der Waals surface area contributed by atoms with Gasteiger partial charge >= 0.3 is 0 Å². The zero-order valence-electron chi connectivity index (χ0n) is 9.15. The normalized spacial score (nSPS) is 10.7. The molecule has 0 saturated heterocycles. The topological polar surface area (TPSA) is 25.8 Å². The third-order valence-electron chi connectivity index (χ3n) is 1.94. The first-order valence-electron chi connectivity index (χ1n) is 4.80. The summed E-state index contributed by atoms with van der Waals surface area (Å²) in [6.07, 6.45) is 1.82. The second-order valence-electron chi connectivity index (χ2n) is 3.19. The summed E-state index contributed by atoms with van der Waals surface area (Å²) in [6.45, 7) is 0. The summed E-state index contributed by atoms with van der Waals surface area (Å²) in [5.74, 6) is -1.23. The van der Waals surface area contributed by atoms with Gasteiger partial charge in [-0.25, -0.2) is 18.7 Å². The predicted molar refractivity (Wildman–Crippen MR) is 69.3 cm³/mol. The van der Waals surface area contributed by atoms with Crippen LogP contribution in [0.15, 0.2) is 39.3 Å². The Kier molecular flexibility index (Phi) is 4.42. The SMILES string of the molecule is CSc1nc(Cl)cc(Sc2ccc(F)cc2F)n1. The highest BCUT2D eigenvalue weighted by Crippen LogP contribution is 2.30. The summed E-state index contributed by atoms with van der Waals surface area (Å²) >= 11 is 8.25. The largest absolute Gasteiger partial charge is 0.216 e. The number of nitrogens with zero attached hydrogens (tertiary/aromatic N) is 2. The maximum atomic E-state index is 13.5. The first-order chi connectivity index (χ1) is 8.58. The van der Waals surface area contributed by atoms with Crippen LogP contribution in [0.1, 0.15) is 0 Å². The van der Waals surface area contributed by atoms with Gasteiger partial charge in [0.1, 0.15) is 21.8 Å². The molecule has 0 saturated carbocycles. The molecule has 0 bridgehead atoms. The quantitative estimate of drug-likeness (QED) is 0.480. The van der Waals surface area contributed by atoms with Crippen molar-refractivity contribution in [2.75, 3.05) is 6.26 Å². The zero-order chi connectivity index (χ0) is 13.1. The molecule has 2 rings (SSSR count). The van der Waals surface area contributed by atoms with Gasteiger partial charge in [0.05, 0.1) is 0 Å². The van der Waals surface area contributed by atoms with Gasteiger partial charge in [-0.15, -0.1) is 0 Å². The Hall–Kier alpha value is -0.850. The highest BCUT2D eigenvalue weighted by Gasteiger charge is 2.09. The van der Waals surface area contributed by atoms with Crippen molar-refractivity contribution in [3.63, 3.8) is 0 Å². The Labute approximate surface area is 116 Å². The van der Waals surface area contributed by atoms with Crippen molar-refractivity contribution in [3.05, 3.63) is 41.1 Å². The van der Waals surface area contributed by atoms with E-state index >= 15 is 0 Å². The van der Waals surface area contributed by atoms with E-state index in [1.165, 1.54) is 30.0 Å². The molecule has 0 N–H and O–H groups in total. The van der Waals surface area contributed by atoms with Gasteiger partial charge in [-0.1, -0.05) is 35.1 Å². The minimum Gasteiger partial charge on any atom is -0.216 e. The van der Waals surface area contributed by atoms with Crippen LogP contribution >= 0.6 is 35.1 Å². The Morgan fingerprint density at radius 2 is 1.94 bits per heavy atom. The Balaban J connectivity index is 2.30. The molecular formula is C11H7ClF2N2S2. The molecule has 0 aliphatic heterocycles. The van der Waals surface area contributed by atoms with Gasteiger partial charge in [0, 0.05) is 17.0 Å². The van der Waals surface area contributed by atoms with Crippen LogP contribution in [0.3, 0.4) is 0 Å². The molecule has 0 fully saturated rings. The number of hydrogen-bond acceptors (Lipinski definition) is 4. The van der Waals surface area contributed by atoms with Crippen molar-refractivity contribution >= 4 is 35.1 Å². The molecule has 2 nitrogen and oxygen atoms in total. The molecule has 1 aromatic carbocycles. The first-order valence-corrected chi connectivity index (χ1v) is 7.22. The van der Waals surface area contributed by atoms with Crippen molar-refractivity contribution < 1.29 is 8.78 Å². The van der Waals surface area contributed by atoms with Gasteiger partial charge in [0.15, 0.2) is 5.16 Å². The van der Waals surface area contributed by atoms with Crippen molar-refractivity contribution in [3.8, 4) is 0 Å². The second kappa shape index (κ2) is 5.86. The Morgan fingerprint density at radius 1 is 1.17 bits per heavy atom. The average molecular weight is 305 g/mol. The van der Waals surface area contributed by atoms with Crippen molar-refractivity contribution in [1.29, 1.82) is 0 Å². The van der Waals surface area contributed by atoms with Crippen molar-refractivity contribution in [1.82, 2.24) is 9.97 Å². The fourth-order valence-electron chi connectivity index (χ4n) is 1.19. The molecule has 94 valence electrons. The summed E-state index contributed by atoms with van der Waals surface area (Å²) in [6, 6.07) is 4.93. The Morgan fingerprint density at radius 3 is 2.61 bits per heavy atom. The van der Waals surface area contributed by atoms with Gasteiger partial charge in [-0.05, 0) is 18.4 Å². The second-order valence-corrected chi connectivity index (χ2v) is 5.42. The van der Waals surface area contributed by atoms with Crippen molar-refractivity contribution in [2.24, 2.45) is 0 Å². The lowest BCUT2D eigenvalue weighted by molar-refractivity contribution is 0.565. The number of aromatic nitrogens is 2. The highest BCUT2D eigenvalue weighted by molar-refractivity contribution is 7.99. The van der Waals surface area contributed by atoms with Gasteiger partial charge in [-0.2, -0.15) is 0 Å². The zero-order valence-corrected chi connectivity index (χ0v) is 11.5. The molecule has 0 spiro atoms.